The van der Waals surface area contributed by atoms with Gasteiger partial charge in [0.1, 0.15) is 0 Å². The Bertz CT molecular complexity index is 1010. The van der Waals surface area contributed by atoms with E-state index < -0.39 is 9.85 Å². The van der Waals surface area contributed by atoms with E-state index in [9.17, 15) is 20.2 Å². The fourth-order valence-corrected chi connectivity index (χ4v) is 2.62. The number of benzene rings is 2. The van der Waals surface area contributed by atoms with Gasteiger partial charge >= 0.3 is 0 Å². The van der Waals surface area contributed by atoms with Crippen LogP contribution in [0.3, 0.4) is 0 Å². The molecule has 0 aliphatic heterocycles. The van der Waals surface area contributed by atoms with Crippen molar-refractivity contribution in [1.29, 1.82) is 0 Å². The molecule has 2 aromatic carbocycles. The van der Waals surface area contributed by atoms with E-state index in [2.05, 4.69) is 9.98 Å². The van der Waals surface area contributed by atoms with Crippen LogP contribution in [0.1, 0.15) is 5.56 Å². The summed E-state index contributed by atoms with van der Waals surface area (Å²) in [6.07, 6.45) is 3.34. The number of rotatable bonds is 6. The third kappa shape index (κ3) is 4.18. The van der Waals surface area contributed by atoms with Crippen LogP contribution in [0.4, 0.5) is 17.3 Å². The van der Waals surface area contributed by atoms with E-state index in [1.54, 1.807) is 24.3 Å². The van der Waals surface area contributed by atoms with Crippen molar-refractivity contribution >= 4 is 35.2 Å². The highest BCUT2D eigenvalue weighted by atomic mass is 32.2. The van der Waals surface area contributed by atoms with Gasteiger partial charge in [-0.3, -0.25) is 20.2 Å². The van der Waals surface area contributed by atoms with Crippen LogP contribution in [-0.4, -0.2) is 27.3 Å². The van der Waals surface area contributed by atoms with Crippen molar-refractivity contribution in [3.63, 3.8) is 0 Å². The zero-order chi connectivity index (χ0) is 19.4. The molecule has 0 spiro atoms. The summed E-state index contributed by atoms with van der Waals surface area (Å²) >= 11 is 1.34. The van der Waals surface area contributed by atoms with Crippen molar-refractivity contribution in [3.05, 3.63) is 74.3 Å². The Morgan fingerprint density at radius 3 is 2.07 bits per heavy atom. The monoisotopic (exact) mass is 384 g/mol. The first-order chi connectivity index (χ1) is 13.0. The number of hydrogen-bond donors (Lipinski definition) is 0. The van der Waals surface area contributed by atoms with E-state index in [1.165, 1.54) is 42.2 Å². The van der Waals surface area contributed by atoms with Crippen LogP contribution in [0.2, 0.25) is 0 Å². The summed E-state index contributed by atoms with van der Waals surface area (Å²) in [5.41, 5.74) is 1.23. The van der Waals surface area contributed by atoms with Gasteiger partial charge < -0.3 is 4.42 Å². The molecule has 0 fully saturated rings. The minimum atomic E-state index is -0.480. The number of nitro benzene ring substituents is 2. The second-order valence-electron chi connectivity index (χ2n) is 5.24. The van der Waals surface area contributed by atoms with E-state index in [1.807, 2.05) is 6.26 Å². The molecule has 3 aromatic rings. The standard InChI is InChI=1S/C17H12N4O5S/c1-27-17-16(18-10-11-2-6-13(7-3-11)20(22)23)26-15(19-17)12-4-8-14(9-5-12)21(24)25/h2-10H,1H3. The van der Waals surface area contributed by atoms with Gasteiger partial charge in [-0.05, 0) is 36.1 Å². The summed E-state index contributed by atoms with van der Waals surface area (Å²) in [6.45, 7) is 0. The zero-order valence-corrected chi connectivity index (χ0v) is 14.8. The van der Waals surface area contributed by atoms with Crippen LogP contribution in [0.25, 0.3) is 11.5 Å². The number of non-ortho nitro benzene ring substituents is 2. The lowest BCUT2D eigenvalue weighted by Gasteiger charge is -1.95. The van der Waals surface area contributed by atoms with Crippen LogP contribution >= 0.6 is 11.8 Å². The molecule has 0 N–H and O–H groups in total. The van der Waals surface area contributed by atoms with Gasteiger partial charge in [0.2, 0.25) is 5.89 Å². The first-order valence-electron chi connectivity index (χ1n) is 7.56. The summed E-state index contributed by atoms with van der Waals surface area (Å²) in [4.78, 5) is 29.1. The van der Waals surface area contributed by atoms with Crippen molar-refractivity contribution in [3.8, 4) is 11.5 Å². The minimum absolute atomic E-state index is 0.00271. The third-order valence-corrected chi connectivity index (χ3v) is 4.19. The summed E-state index contributed by atoms with van der Waals surface area (Å²) < 4.78 is 5.67. The Morgan fingerprint density at radius 1 is 1.00 bits per heavy atom. The predicted molar refractivity (Wildman–Crippen MR) is 101 cm³/mol. The largest absolute Gasteiger partial charge is 0.417 e. The highest BCUT2D eigenvalue weighted by molar-refractivity contribution is 7.98. The lowest BCUT2D eigenvalue weighted by molar-refractivity contribution is -0.385. The molecule has 3 rings (SSSR count). The van der Waals surface area contributed by atoms with E-state index >= 15 is 0 Å². The minimum Gasteiger partial charge on any atom is -0.417 e. The van der Waals surface area contributed by atoms with Crippen LogP contribution in [0, 0.1) is 20.2 Å². The molecule has 0 amide bonds. The van der Waals surface area contributed by atoms with Gasteiger partial charge in [-0.2, -0.15) is 0 Å². The average molecular weight is 384 g/mol. The average Bonchev–Trinajstić information content (AvgIpc) is 3.10. The van der Waals surface area contributed by atoms with Gasteiger partial charge in [0.25, 0.3) is 17.3 Å². The fourth-order valence-electron chi connectivity index (χ4n) is 2.18. The summed E-state index contributed by atoms with van der Waals surface area (Å²) in [5, 5.41) is 22.0. The Balaban J connectivity index is 1.85. The van der Waals surface area contributed by atoms with Crippen LogP contribution in [-0.2, 0) is 0 Å². The molecular weight excluding hydrogens is 372 g/mol. The molecule has 0 aliphatic rings. The Hall–Kier alpha value is -3.53. The highest BCUT2D eigenvalue weighted by Gasteiger charge is 2.14. The summed E-state index contributed by atoms with van der Waals surface area (Å²) in [5.74, 6) is 0.583. The van der Waals surface area contributed by atoms with Crippen molar-refractivity contribution in [2.24, 2.45) is 4.99 Å². The molecule has 0 saturated carbocycles. The molecule has 27 heavy (non-hydrogen) atoms. The molecule has 1 heterocycles. The molecule has 0 bridgehead atoms. The van der Waals surface area contributed by atoms with Gasteiger partial charge in [0.05, 0.1) is 9.85 Å². The second kappa shape index (κ2) is 7.79. The Kier molecular flexibility index (Phi) is 5.27. The maximum Gasteiger partial charge on any atom is 0.269 e. The first kappa shape index (κ1) is 18.3. The smallest absolute Gasteiger partial charge is 0.269 e. The van der Waals surface area contributed by atoms with E-state index in [-0.39, 0.29) is 17.3 Å². The lowest BCUT2D eigenvalue weighted by Crippen LogP contribution is -1.88. The molecule has 0 aliphatic carbocycles. The summed E-state index contributed by atoms with van der Waals surface area (Å²) in [7, 11) is 0. The second-order valence-corrected chi connectivity index (χ2v) is 6.04. The molecule has 0 radical (unpaired) electrons. The van der Waals surface area contributed by atoms with Gasteiger partial charge in [0.15, 0.2) is 5.03 Å². The molecule has 0 unspecified atom stereocenters. The van der Waals surface area contributed by atoms with Crippen molar-refractivity contribution in [2.75, 3.05) is 6.26 Å². The van der Waals surface area contributed by atoms with Crippen LogP contribution < -0.4 is 0 Å². The highest BCUT2D eigenvalue weighted by Crippen LogP contribution is 2.33. The fraction of sp³-hybridized carbons (Fsp3) is 0.0588. The maximum absolute atomic E-state index is 10.7. The molecule has 9 nitrogen and oxygen atoms in total. The van der Waals surface area contributed by atoms with Gasteiger partial charge in [-0.25, -0.2) is 9.98 Å². The van der Waals surface area contributed by atoms with Crippen molar-refractivity contribution in [2.45, 2.75) is 5.03 Å². The van der Waals surface area contributed by atoms with Gasteiger partial charge in [-0.15, -0.1) is 11.8 Å². The topological polar surface area (TPSA) is 125 Å². The van der Waals surface area contributed by atoms with Crippen LogP contribution in [0.15, 0.2) is 63.0 Å². The number of aromatic nitrogens is 1. The van der Waals surface area contributed by atoms with Crippen molar-refractivity contribution in [1.82, 2.24) is 4.98 Å². The SMILES string of the molecule is CSc1nc(-c2ccc([N+](=O)[O-])cc2)oc1N=Cc1ccc([N+](=O)[O-])cc1. The molecule has 0 atom stereocenters. The zero-order valence-electron chi connectivity index (χ0n) is 13.9. The number of oxazole rings is 1. The predicted octanol–water partition coefficient (Wildman–Crippen LogP) is 4.63. The molecule has 10 heteroatoms. The number of hydrogen-bond acceptors (Lipinski definition) is 8. The van der Waals surface area contributed by atoms with Crippen molar-refractivity contribution < 1.29 is 14.3 Å². The van der Waals surface area contributed by atoms with E-state index in [4.69, 9.17) is 4.42 Å². The number of nitrogens with zero attached hydrogens (tertiary/aromatic N) is 4. The molecular formula is C17H12N4O5S. The van der Waals surface area contributed by atoms with Gasteiger partial charge in [0, 0.05) is 36.0 Å². The number of thioether (sulfide) groups is 1. The van der Waals surface area contributed by atoms with Gasteiger partial charge in [-0.1, -0.05) is 0 Å². The first-order valence-corrected chi connectivity index (χ1v) is 8.78. The van der Waals surface area contributed by atoms with E-state index in [0.29, 0.717) is 22.0 Å². The Labute approximate surface area is 157 Å². The lowest BCUT2D eigenvalue weighted by atomic mass is 10.2. The normalized spacial score (nSPS) is 11.0. The molecule has 1 aromatic heterocycles. The number of aliphatic imine (C=N–C) groups is 1. The Morgan fingerprint density at radius 2 is 1.56 bits per heavy atom. The molecule has 136 valence electrons. The number of nitro groups is 2. The van der Waals surface area contributed by atoms with Crippen LogP contribution in [0.5, 0.6) is 0 Å². The summed E-state index contributed by atoms with van der Waals surface area (Å²) in [6, 6.07) is 11.8. The quantitative estimate of drug-likeness (QED) is 0.262. The maximum atomic E-state index is 10.7. The van der Waals surface area contributed by atoms with E-state index in [0.717, 1.165) is 0 Å². The molecule has 0 saturated heterocycles. The third-order valence-electron chi connectivity index (χ3n) is 3.53.